The van der Waals surface area contributed by atoms with Crippen LogP contribution in [0.15, 0.2) is 66.7 Å². The molecule has 1 heterocycles. The fourth-order valence-electron chi connectivity index (χ4n) is 4.15. The van der Waals surface area contributed by atoms with Crippen molar-refractivity contribution < 1.29 is 22.7 Å². The van der Waals surface area contributed by atoms with Gasteiger partial charge >= 0.3 is 6.18 Å². The summed E-state index contributed by atoms with van der Waals surface area (Å²) in [5.74, 6) is -0.206. The van der Waals surface area contributed by atoms with Crippen molar-refractivity contribution in [1.82, 2.24) is 9.80 Å². The summed E-state index contributed by atoms with van der Waals surface area (Å²) in [6.45, 7) is 2.90. The van der Waals surface area contributed by atoms with Gasteiger partial charge in [0.1, 0.15) is 0 Å². The molecular weight excluding hydrogens is 548 g/mol. The minimum atomic E-state index is -4.38. The van der Waals surface area contributed by atoms with Crippen molar-refractivity contribution in [1.29, 1.82) is 0 Å². The average molecular weight is 572 g/mol. The van der Waals surface area contributed by atoms with E-state index in [1.807, 2.05) is 12.1 Å². The monoisotopic (exact) mass is 570 g/mol. The molecule has 0 saturated carbocycles. The molecule has 1 atom stereocenters. The van der Waals surface area contributed by atoms with Gasteiger partial charge < -0.3 is 9.64 Å². The number of alkyl halides is 3. The third-order valence-corrected chi connectivity index (χ3v) is 7.12. The molecule has 1 aliphatic heterocycles. The van der Waals surface area contributed by atoms with Crippen LogP contribution in [0.5, 0.6) is 0 Å². The molecule has 3 aromatic rings. The Morgan fingerprint density at radius 1 is 0.865 bits per heavy atom. The first-order valence-corrected chi connectivity index (χ1v) is 12.7. The lowest BCUT2D eigenvalue weighted by atomic mass is 10.1. The van der Waals surface area contributed by atoms with Crippen LogP contribution in [0.1, 0.15) is 33.2 Å². The van der Waals surface area contributed by atoms with Gasteiger partial charge in [-0.3, -0.25) is 9.69 Å². The van der Waals surface area contributed by atoms with Crippen LogP contribution in [0, 0.1) is 0 Å². The van der Waals surface area contributed by atoms with Gasteiger partial charge in [-0.05, 0) is 47.5 Å². The fourth-order valence-corrected chi connectivity index (χ4v) is 4.83. The molecule has 0 aliphatic carbocycles. The average Bonchev–Trinajstić information content (AvgIpc) is 2.87. The van der Waals surface area contributed by atoms with Gasteiger partial charge in [0.25, 0.3) is 5.91 Å². The molecule has 0 radical (unpaired) electrons. The molecule has 1 amide bonds. The van der Waals surface area contributed by atoms with E-state index in [4.69, 9.17) is 39.5 Å². The van der Waals surface area contributed by atoms with E-state index in [2.05, 4.69) is 4.90 Å². The van der Waals surface area contributed by atoms with E-state index in [1.165, 1.54) is 12.1 Å². The Morgan fingerprint density at radius 3 is 2.03 bits per heavy atom. The molecule has 1 saturated heterocycles. The standard InChI is InChI=1S/C27H24Cl3F3N2O2/c28-21-10-6-19(7-11-21)24(37-17-18-4-8-20(9-5-18)27(31,32)33)16-34-12-14-35(15-13-34)26(36)25-22(29)2-1-3-23(25)30/h1-11,24H,12-17H2/t24-/m0/s1. The predicted molar refractivity (Wildman–Crippen MR) is 139 cm³/mol. The second kappa shape index (κ2) is 12.0. The Bertz CT molecular complexity index is 1190. The summed E-state index contributed by atoms with van der Waals surface area (Å²) in [4.78, 5) is 16.9. The van der Waals surface area contributed by atoms with Gasteiger partial charge in [0.2, 0.25) is 0 Å². The maximum absolute atomic E-state index is 13.0. The number of piperazine rings is 1. The zero-order valence-electron chi connectivity index (χ0n) is 19.6. The van der Waals surface area contributed by atoms with Crippen LogP contribution in [0.3, 0.4) is 0 Å². The highest BCUT2D eigenvalue weighted by Crippen LogP contribution is 2.30. The van der Waals surface area contributed by atoms with Gasteiger partial charge in [-0.15, -0.1) is 0 Å². The van der Waals surface area contributed by atoms with Crippen LogP contribution < -0.4 is 0 Å². The topological polar surface area (TPSA) is 32.8 Å². The first-order valence-electron chi connectivity index (χ1n) is 11.6. The lowest BCUT2D eigenvalue weighted by Crippen LogP contribution is -2.49. The number of halogens is 6. The van der Waals surface area contributed by atoms with E-state index in [0.29, 0.717) is 58.9 Å². The quantitative estimate of drug-likeness (QED) is 0.297. The number of nitrogens with zero attached hydrogens (tertiary/aromatic N) is 2. The van der Waals surface area contributed by atoms with Crippen LogP contribution in [0.4, 0.5) is 13.2 Å². The fraction of sp³-hybridized carbons (Fsp3) is 0.296. The third-order valence-electron chi connectivity index (χ3n) is 6.23. The third kappa shape index (κ3) is 7.18. The number of ether oxygens (including phenoxy) is 1. The summed E-state index contributed by atoms with van der Waals surface area (Å²) >= 11 is 18.5. The number of carbonyl (C=O) groups is 1. The zero-order chi connectivity index (χ0) is 26.6. The van der Waals surface area contributed by atoms with Crippen LogP contribution in [-0.2, 0) is 17.5 Å². The Morgan fingerprint density at radius 2 is 1.46 bits per heavy atom. The normalized spacial score (nSPS) is 15.6. The van der Waals surface area contributed by atoms with E-state index in [9.17, 15) is 18.0 Å². The maximum atomic E-state index is 13.0. The van der Waals surface area contributed by atoms with Crippen molar-refractivity contribution in [3.8, 4) is 0 Å². The Hall–Kier alpha value is -2.29. The second-order valence-electron chi connectivity index (χ2n) is 8.74. The van der Waals surface area contributed by atoms with Gasteiger partial charge in [-0.1, -0.05) is 65.1 Å². The maximum Gasteiger partial charge on any atom is 0.416 e. The molecule has 37 heavy (non-hydrogen) atoms. The van der Waals surface area contributed by atoms with Crippen LogP contribution >= 0.6 is 34.8 Å². The molecule has 0 bridgehead atoms. The highest BCUT2D eigenvalue weighted by molar-refractivity contribution is 6.39. The van der Waals surface area contributed by atoms with Gasteiger partial charge in [0, 0.05) is 37.7 Å². The van der Waals surface area contributed by atoms with Gasteiger partial charge in [-0.25, -0.2) is 0 Å². The summed E-state index contributed by atoms with van der Waals surface area (Å²) in [7, 11) is 0. The minimum Gasteiger partial charge on any atom is -0.368 e. The Kier molecular flexibility index (Phi) is 9.03. The van der Waals surface area contributed by atoms with Gasteiger partial charge in [0.15, 0.2) is 0 Å². The number of amides is 1. The molecule has 0 N–H and O–H groups in total. The molecule has 4 nitrogen and oxygen atoms in total. The second-order valence-corrected chi connectivity index (χ2v) is 9.99. The number of benzene rings is 3. The minimum absolute atomic E-state index is 0.148. The molecule has 196 valence electrons. The van der Waals surface area contributed by atoms with E-state index in [-0.39, 0.29) is 18.6 Å². The first-order chi connectivity index (χ1) is 17.6. The van der Waals surface area contributed by atoms with Crippen molar-refractivity contribution >= 4 is 40.7 Å². The summed E-state index contributed by atoms with van der Waals surface area (Å²) < 4.78 is 44.8. The molecule has 1 fully saturated rings. The van der Waals surface area contributed by atoms with Gasteiger partial charge in [-0.2, -0.15) is 13.2 Å². The van der Waals surface area contributed by atoms with Crippen molar-refractivity contribution in [2.45, 2.75) is 18.9 Å². The van der Waals surface area contributed by atoms with Crippen LogP contribution in [-0.4, -0.2) is 48.4 Å². The summed E-state index contributed by atoms with van der Waals surface area (Å²) in [6.07, 6.45) is -4.73. The molecule has 10 heteroatoms. The molecule has 0 aromatic heterocycles. The number of rotatable bonds is 7. The van der Waals surface area contributed by atoms with Crippen molar-refractivity contribution in [3.05, 3.63) is 104 Å². The van der Waals surface area contributed by atoms with Gasteiger partial charge in [0.05, 0.1) is 33.9 Å². The summed E-state index contributed by atoms with van der Waals surface area (Å²) in [5.41, 5.74) is 1.14. The lowest BCUT2D eigenvalue weighted by Gasteiger charge is -2.36. The predicted octanol–water partition coefficient (Wildman–Crippen LogP) is 7.38. The largest absolute Gasteiger partial charge is 0.416 e. The lowest BCUT2D eigenvalue weighted by molar-refractivity contribution is -0.137. The van der Waals surface area contributed by atoms with E-state index >= 15 is 0 Å². The number of hydrogen-bond donors (Lipinski definition) is 0. The Labute approximate surface area is 228 Å². The summed E-state index contributed by atoms with van der Waals surface area (Å²) in [5, 5.41) is 1.23. The molecular formula is C27H24Cl3F3N2O2. The highest BCUT2D eigenvalue weighted by atomic mass is 35.5. The van der Waals surface area contributed by atoms with E-state index in [1.54, 1.807) is 35.2 Å². The smallest absolute Gasteiger partial charge is 0.368 e. The summed E-state index contributed by atoms with van der Waals surface area (Å²) in [6, 6.07) is 17.2. The molecule has 0 unspecified atom stereocenters. The van der Waals surface area contributed by atoms with Crippen molar-refractivity contribution in [3.63, 3.8) is 0 Å². The first kappa shape index (κ1) is 27.7. The highest BCUT2D eigenvalue weighted by Gasteiger charge is 2.30. The zero-order valence-corrected chi connectivity index (χ0v) is 21.9. The number of carbonyl (C=O) groups excluding carboxylic acids is 1. The molecule has 3 aromatic carbocycles. The molecule has 1 aliphatic rings. The van der Waals surface area contributed by atoms with E-state index < -0.39 is 11.7 Å². The van der Waals surface area contributed by atoms with Crippen molar-refractivity contribution in [2.75, 3.05) is 32.7 Å². The molecule has 0 spiro atoms. The van der Waals surface area contributed by atoms with Crippen LogP contribution in [0.2, 0.25) is 15.1 Å². The van der Waals surface area contributed by atoms with Crippen LogP contribution in [0.25, 0.3) is 0 Å². The van der Waals surface area contributed by atoms with E-state index in [0.717, 1.165) is 17.7 Å². The molecule has 4 rings (SSSR count). The van der Waals surface area contributed by atoms with Crippen molar-refractivity contribution in [2.24, 2.45) is 0 Å². The SMILES string of the molecule is O=C(c1c(Cl)cccc1Cl)N1CCN(C[C@H](OCc2ccc(C(F)(F)F)cc2)c2ccc(Cl)cc2)CC1. The Balaban J connectivity index is 1.40. The number of hydrogen-bond acceptors (Lipinski definition) is 3.